The van der Waals surface area contributed by atoms with E-state index >= 15 is 0 Å². The van der Waals surface area contributed by atoms with Crippen molar-refractivity contribution in [1.29, 1.82) is 0 Å². The van der Waals surface area contributed by atoms with Crippen LogP contribution in [-0.2, 0) is 26.0 Å². The number of anilines is 1. The summed E-state index contributed by atoms with van der Waals surface area (Å²) >= 11 is 0. The van der Waals surface area contributed by atoms with Gasteiger partial charge in [-0.3, -0.25) is 4.79 Å². The van der Waals surface area contributed by atoms with Crippen LogP contribution in [0, 0.1) is 0 Å². The lowest BCUT2D eigenvalue weighted by atomic mass is 10.0. The molecule has 0 spiro atoms. The van der Waals surface area contributed by atoms with Crippen LogP contribution in [0.2, 0.25) is 0 Å². The minimum absolute atomic E-state index is 0.0142. The molecule has 0 unspecified atom stereocenters. The van der Waals surface area contributed by atoms with E-state index in [2.05, 4.69) is 5.32 Å². The van der Waals surface area contributed by atoms with E-state index in [0.29, 0.717) is 31.2 Å². The molecule has 1 amide bonds. The number of nitrogens with zero attached hydrogens (tertiary/aromatic N) is 2. The number of carbonyl (C=O) groups is 1. The number of hydrogen-bond donors (Lipinski definition) is 1. The van der Waals surface area contributed by atoms with Crippen LogP contribution in [0.15, 0.2) is 23.1 Å². The third-order valence-corrected chi connectivity index (χ3v) is 7.24. The van der Waals surface area contributed by atoms with Gasteiger partial charge in [0.05, 0.1) is 24.7 Å². The Morgan fingerprint density at radius 2 is 1.93 bits per heavy atom. The molecule has 2 heterocycles. The van der Waals surface area contributed by atoms with Crippen molar-refractivity contribution in [3.8, 4) is 0 Å². The average molecular weight is 396 g/mol. The number of fused-ring (bicyclic) bond motifs is 1. The SMILES string of the molecule is CCC(C)(C)NC(=O)CN1CCc2cc(S(=O)(=O)N3CCOCC3)ccc21. The highest BCUT2D eigenvalue weighted by Crippen LogP contribution is 2.31. The Morgan fingerprint density at radius 3 is 2.59 bits per heavy atom. The fourth-order valence-electron chi connectivity index (χ4n) is 3.39. The molecule has 0 aromatic heterocycles. The molecule has 1 saturated heterocycles. The number of rotatable bonds is 6. The van der Waals surface area contributed by atoms with Crippen LogP contribution >= 0.6 is 0 Å². The lowest BCUT2D eigenvalue weighted by Crippen LogP contribution is -2.47. The van der Waals surface area contributed by atoms with Crippen LogP contribution in [0.1, 0.15) is 32.8 Å². The van der Waals surface area contributed by atoms with E-state index in [4.69, 9.17) is 4.74 Å². The Morgan fingerprint density at radius 1 is 1.22 bits per heavy atom. The molecule has 2 aliphatic heterocycles. The number of nitrogens with one attached hydrogen (secondary N) is 1. The first kappa shape index (κ1) is 20.1. The first-order valence-corrected chi connectivity index (χ1v) is 10.9. The Labute approximate surface area is 161 Å². The molecule has 0 atom stereocenters. The summed E-state index contributed by atoms with van der Waals surface area (Å²) in [6.07, 6.45) is 1.60. The van der Waals surface area contributed by atoms with Gasteiger partial charge in [0.25, 0.3) is 0 Å². The molecule has 1 fully saturated rings. The molecular formula is C19H29N3O4S. The third kappa shape index (κ3) is 4.44. The van der Waals surface area contributed by atoms with Gasteiger partial charge in [-0.1, -0.05) is 6.92 Å². The van der Waals surface area contributed by atoms with Gasteiger partial charge in [0, 0.05) is 30.9 Å². The highest BCUT2D eigenvalue weighted by Gasteiger charge is 2.29. The van der Waals surface area contributed by atoms with Crippen molar-refractivity contribution in [3.05, 3.63) is 23.8 Å². The fraction of sp³-hybridized carbons (Fsp3) is 0.632. The lowest BCUT2D eigenvalue weighted by Gasteiger charge is -2.27. The second kappa shape index (κ2) is 7.77. The number of ether oxygens (including phenoxy) is 1. The summed E-state index contributed by atoms with van der Waals surface area (Å²) in [6.45, 7) is 8.70. The summed E-state index contributed by atoms with van der Waals surface area (Å²) in [4.78, 5) is 14.7. The van der Waals surface area contributed by atoms with Gasteiger partial charge in [-0.2, -0.15) is 4.31 Å². The van der Waals surface area contributed by atoms with E-state index in [1.54, 1.807) is 12.1 Å². The molecule has 2 aliphatic rings. The van der Waals surface area contributed by atoms with Crippen molar-refractivity contribution in [2.24, 2.45) is 0 Å². The summed E-state index contributed by atoms with van der Waals surface area (Å²) in [5, 5.41) is 3.05. The molecule has 0 saturated carbocycles. The van der Waals surface area contributed by atoms with E-state index in [1.807, 2.05) is 31.7 Å². The molecule has 0 bridgehead atoms. The van der Waals surface area contributed by atoms with Crippen LogP contribution in [-0.4, -0.2) is 63.6 Å². The molecule has 0 radical (unpaired) electrons. The zero-order valence-electron chi connectivity index (χ0n) is 16.3. The zero-order valence-corrected chi connectivity index (χ0v) is 17.1. The van der Waals surface area contributed by atoms with Gasteiger partial charge < -0.3 is 15.0 Å². The number of carbonyl (C=O) groups excluding carboxylic acids is 1. The summed E-state index contributed by atoms with van der Waals surface area (Å²) in [7, 11) is -3.50. The Hall–Kier alpha value is -1.64. The van der Waals surface area contributed by atoms with Gasteiger partial charge in [0.15, 0.2) is 0 Å². The van der Waals surface area contributed by atoms with Crippen LogP contribution in [0.25, 0.3) is 0 Å². The van der Waals surface area contributed by atoms with Crippen molar-refractivity contribution in [3.63, 3.8) is 0 Å². The molecule has 1 aromatic carbocycles. The van der Waals surface area contributed by atoms with Crippen molar-refractivity contribution in [2.45, 2.75) is 44.0 Å². The summed E-state index contributed by atoms with van der Waals surface area (Å²) in [5.74, 6) is -0.0142. The molecule has 0 aliphatic carbocycles. The van der Waals surface area contributed by atoms with Crippen molar-refractivity contribution in [2.75, 3.05) is 44.3 Å². The van der Waals surface area contributed by atoms with Crippen LogP contribution < -0.4 is 10.2 Å². The van der Waals surface area contributed by atoms with Crippen molar-refractivity contribution < 1.29 is 17.9 Å². The van der Waals surface area contributed by atoms with E-state index < -0.39 is 10.0 Å². The smallest absolute Gasteiger partial charge is 0.243 e. The minimum Gasteiger partial charge on any atom is -0.379 e. The quantitative estimate of drug-likeness (QED) is 0.787. The monoisotopic (exact) mass is 395 g/mol. The average Bonchev–Trinajstić information content (AvgIpc) is 3.04. The van der Waals surface area contributed by atoms with Crippen LogP contribution in [0.4, 0.5) is 5.69 Å². The Kier molecular flexibility index (Phi) is 5.79. The largest absolute Gasteiger partial charge is 0.379 e. The fourth-order valence-corrected chi connectivity index (χ4v) is 4.85. The number of morpholine rings is 1. The molecule has 8 heteroatoms. The molecule has 7 nitrogen and oxygen atoms in total. The number of amides is 1. The van der Waals surface area contributed by atoms with Gasteiger partial charge in [-0.15, -0.1) is 0 Å². The van der Waals surface area contributed by atoms with Crippen LogP contribution in [0.5, 0.6) is 0 Å². The van der Waals surface area contributed by atoms with E-state index in [9.17, 15) is 13.2 Å². The molecule has 150 valence electrons. The topological polar surface area (TPSA) is 79.0 Å². The molecule has 1 aromatic rings. The van der Waals surface area contributed by atoms with Gasteiger partial charge in [0.2, 0.25) is 15.9 Å². The van der Waals surface area contributed by atoms with E-state index in [0.717, 1.165) is 30.6 Å². The number of benzene rings is 1. The highest BCUT2D eigenvalue weighted by molar-refractivity contribution is 7.89. The zero-order chi connectivity index (χ0) is 19.7. The summed E-state index contributed by atoms with van der Waals surface area (Å²) in [5.41, 5.74) is 1.70. The van der Waals surface area contributed by atoms with Gasteiger partial charge in [-0.25, -0.2) is 8.42 Å². The molecule has 1 N–H and O–H groups in total. The maximum atomic E-state index is 12.8. The second-order valence-corrected chi connectivity index (χ2v) is 9.70. The lowest BCUT2D eigenvalue weighted by molar-refractivity contribution is -0.121. The maximum absolute atomic E-state index is 12.8. The van der Waals surface area contributed by atoms with Gasteiger partial charge in [0.1, 0.15) is 0 Å². The summed E-state index contributed by atoms with van der Waals surface area (Å²) in [6, 6.07) is 5.23. The number of sulfonamides is 1. The predicted octanol–water partition coefficient (Wildman–Crippen LogP) is 1.37. The minimum atomic E-state index is -3.50. The van der Waals surface area contributed by atoms with E-state index in [-0.39, 0.29) is 18.0 Å². The highest BCUT2D eigenvalue weighted by atomic mass is 32.2. The summed E-state index contributed by atoms with van der Waals surface area (Å²) < 4.78 is 32.4. The predicted molar refractivity (Wildman–Crippen MR) is 104 cm³/mol. The van der Waals surface area contributed by atoms with E-state index in [1.165, 1.54) is 4.31 Å². The normalized spacial score (nSPS) is 18.4. The number of hydrogen-bond acceptors (Lipinski definition) is 5. The third-order valence-electron chi connectivity index (χ3n) is 5.35. The molecular weight excluding hydrogens is 366 g/mol. The first-order chi connectivity index (χ1) is 12.7. The van der Waals surface area contributed by atoms with Crippen molar-refractivity contribution >= 4 is 21.6 Å². The maximum Gasteiger partial charge on any atom is 0.243 e. The van der Waals surface area contributed by atoms with Crippen molar-refractivity contribution in [1.82, 2.24) is 9.62 Å². The standard InChI is InChI=1S/C19H29N3O4S/c1-4-19(2,3)20-18(23)14-21-8-7-15-13-16(5-6-17(15)21)27(24,25)22-9-11-26-12-10-22/h5-6,13H,4,7-12,14H2,1-3H3,(H,20,23). The second-order valence-electron chi connectivity index (χ2n) is 7.76. The van der Waals surface area contributed by atoms with Gasteiger partial charge >= 0.3 is 0 Å². The van der Waals surface area contributed by atoms with Crippen LogP contribution in [0.3, 0.4) is 0 Å². The molecule has 3 rings (SSSR count). The molecule has 27 heavy (non-hydrogen) atoms. The van der Waals surface area contributed by atoms with Gasteiger partial charge in [-0.05, 0) is 50.5 Å². The Bertz CT molecular complexity index is 801. The first-order valence-electron chi connectivity index (χ1n) is 9.50. The Balaban J connectivity index is 1.73.